The summed E-state index contributed by atoms with van der Waals surface area (Å²) in [5.41, 5.74) is 1.81. The van der Waals surface area contributed by atoms with Gasteiger partial charge >= 0.3 is 12.0 Å². The van der Waals surface area contributed by atoms with Crippen molar-refractivity contribution in [3.63, 3.8) is 0 Å². The van der Waals surface area contributed by atoms with E-state index in [0.29, 0.717) is 50.0 Å². The summed E-state index contributed by atoms with van der Waals surface area (Å²) in [5, 5.41) is 13.3. The number of carbonyl (C=O) groups excluding carboxylic acids is 1. The van der Waals surface area contributed by atoms with Gasteiger partial charge in [-0.15, -0.1) is 0 Å². The number of hydrogen-bond donors (Lipinski definition) is 2. The third-order valence-electron chi connectivity index (χ3n) is 6.93. The van der Waals surface area contributed by atoms with Gasteiger partial charge in [0.1, 0.15) is 5.75 Å². The zero-order valence-electron chi connectivity index (χ0n) is 21.1. The molecule has 0 bridgehead atoms. The molecule has 9 nitrogen and oxygen atoms in total. The minimum atomic E-state index is -0.852. The van der Waals surface area contributed by atoms with Crippen molar-refractivity contribution in [2.75, 3.05) is 46.6 Å². The van der Waals surface area contributed by atoms with E-state index in [-0.39, 0.29) is 24.8 Å². The molecule has 9 heteroatoms. The number of likely N-dealkylation sites (tertiary alicyclic amines) is 1. The van der Waals surface area contributed by atoms with Gasteiger partial charge in [-0.25, -0.2) is 4.79 Å². The lowest BCUT2D eigenvalue weighted by atomic mass is 9.82. The number of amides is 2. The van der Waals surface area contributed by atoms with E-state index in [9.17, 15) is 14.7 Å². The van der Waals surface area contributed by atoms with Gasteiger partial charge in [0, 0.05) is 44.7 Å². The number of carboxylic acid groups (broad SMARTS) is 1. The van der Waals surface area contributed by atoms with Crippen LogP contribution in [-0.2, 0) is 4.79 Å². The second kappa shape index (κ2) is 11.5. The summed E-state index contributed by atoms with van der Waals surface area (Å²) in [7, 11) is 1.61. The van der Waals surface area contributed by atoms with Gasteiger partial charge in [0.25, 0.3) is 0 Å². The van der Waals surface area contributed by atoms with Crippen LogP contribution in [0.1, 0.15) is 43.4 Å². The zero-order valence-corrected chi connectivity index (χ0v) is 21.1. The number of hydrogen-bond acceptors (Lipinski definition) is 6. The second-order valence-electron chi connectivity index (χ2n) is 9.12. The van der Waals surface area contributed by atoms with E-state index in [1.54, 1.807) is 12.0 Å². The van der Waals surface area contributed by atoms with Crippen LogP contribution < -0.4 is 19.5 Å². The highest BCUT2D eigenvalue weighted by Gasteiger charge is 2.47. The molecule has 0 aliphatic carbocycles. The van der Waals surface area contributed by atoms with E-state index in [1.165, 1.54) is 0 Å². The minimum Gasteiger partial charge on any atom is -0.497 e. The second-order valence-corrected chi connectivity index (χ2v) is 9.12. The highest BCUT2D eigenvalue weighted by Crippen LogP contribution is 2.47. The van der Waals surface area contributed by atoms with Gasteiger partial charge in [-0.05, 0) is 48.7 Å². The summed E-state index contributed by atoms with van der Waals surface area (Å²) >= 11 is 0. The van der Waals surface area contributed by atoms with Crippen LogP contribution in [0.4, 0.5) is 4.79 Å². The number of methoxy groups -OCH3 is 1. The molecule has 1 saturated heterocycles. The summed E-state index contributed by atoms with van der Waals surface area (Å²) in [5.74, 6) is 0.241. The third kappa shape index (κ3) is 5.36. The highest BCUT2D eigenvalue weighted by atomic mass is 16.7. The molecule has 2 heterocycles. The van der Waals surface area contributed by atoms with Crippen LogP contribution in [0.15, 0.2) is 42.5 Å². The number of nitrogens with zero attached hydrogens (tertiary/aromatic N) is 2. The molecule has 2 aromatic rings. The molecule has 3 atom stereocenters. The molecule has 0 spiro atoms. The normalized spacial score (nSPS) is 20.8. The predicted octanol–water partition coefficient (Wildman–Crippen LogP) is 3.71. The quantitative estimate of drug-likeness (QED) is 0.516. The molecule has 36 heavy (non-hydrogen) atoms. The van der Waals surface area contributed by atoms with Gasteiger partial charge < -0.3 is 29.5 Å². The van der Waals surface area contributed by atoms with Crippen LogP contribution in [-0.4, -0.2) is 73.5 Å². The number of urea groups is 1. The van der Waals surface area contributed by atoms with Crippen molar-refractivity contribution in [2.45, 2.75) is 32.2 Å². The Bertz CT molecular complexity index is 1060. The Kier molecular flexibility index (Phi) is 8.20. The average molecular weight is 498 g/mol. The molecule has 194 valence electrons. The minimum absolute atomic E-state index is 0.0957. The van der Waals surface area contributed by atoms with E-state index in [4.69, 9.17) is 14.2 Å². The standard InChI is InChI=1S/C27H35N3O6/c1-4-12-29(27(33)28-5-2)13-14-30-16-21(19-8-11-22-23(15-19)36-17-35-22)24(26(31)32)25(30)18-6-9-20(34-3)10-7-18/h6-11,15,21,24-25H,4-5,12-14,16-17H2,1-3H3,(H,28,33)(H,31,32)/t21-,24+,25-/m1/s1. The number of carboxylic acids is 1. The number of rotatable bonds is 10. The summed E-state index contributed by atoms with van der Waals surface area (Å²) < 4.78 is 16.3. The first-order valence-electron chi connectivity index (χ1n) is 12.5. The lowest BCUT2D eigenvalue weighted by Crippen LogP contribution is -2.44. The number of aliphatic carboxylic acids is 1. The lowest BCUT2D eigenvalue weighted by molar-refractivity contribution is -0.143. The maximum atomic E-state index is 12.7. The summed E-state index contributed by atoms with van der Waals surface area (Å²) in [6.07, 6.45) is 0.844. The van der Waals surface area contributed by atoms with Crippen molar-refractivity contribution in [1.82, 2.24) is 15.1 Å². The smallest absolute Gasteiger partial charge is 0.317 e. The molecule has 1 fully saturated rings. The van der Waals surface area contributed by atoms with Crippen LogP contribution in [0.2, 0.25) is 0 Å². The largest absolute Gasteiger partial charge is 0.497 e. The van der Waals surface area contributed by atoms with Crippen molar-refractivity contribution in [2.24, 2.45) is 5.92 Å². The Balaban J connectivity index is 1.66. The van der Waals surface area contributed by atoms with Gasteiger partial charge in [0.05, 0.1) is 13.0 Å². The van der Waals surface area contributed by atoms with Crippen LogP contribution >= 0.6 is 0 Å². The molecule has 0 saturated carbocycles. The SMILES string of the molecule is CCCN(CCN1C[C@H](c2ccc3c(c2)OCO3)[C@H](C(=O)O)[C@H]1c1ccc(OC)cc1)C(=O)NCC. The van der Waals surface area contributed by atoms with Gasteiger partial charge in [0.2, 0.25) is 6.79 Å². The molecule has 2 amide bonds. The molecule has 0 aromatic heterocycles. The third-order valence-corrected chi connectivity index (χ3v) is 6.93. The predicted molar refractivity (Wildman–Crippen MR) is 135 cm³/mol. The fourth-order valence-corrected chi connectivity index (χ4v) is 5.24. The molecule has 2 aromatic carbocycles. The molecular weight excluding hydrogens is 462 g/mol. The Morgan fingerprint density at radius 3 is 2.47 bits per heavy atom. The molecule has 0 unspecified atom stereocenters. The molecule has 2 N–H and O–H groups in total. The summed E-state index contributed by atoms with van der Waals surface area (Å²) in [6.45, 7) is 6.91. The fourth-order valence-electron chi connectivity index (χ4n) is 5.24. The van der Waals surface area contributed by atoms with E-state index in [2.05, 4.69) is 10.2 Å². The van der Waals surface area contributed by atoms with E-state index >= 15 is 0 Å². The molecule has 4 rings (SSSR count). The summed E-state index contributed by atoms with van der Waals surface area (Å²) in [4.78, 5) is 29.3. The number of benzene rings is 2. The molecular formula is C27H35N3O6. The maximum Gasteiger partial charge on any atom is 0.317 e. The summed E-state index contributed by atoms with van der Waals surface area (Å²) in [6, 6.07) is 12.8. The fraction of sp³-hybridized carbons (Fsp3) is 0.481. The van der Waals surface area contributed by atoms with Gasteiger partial charge in [-0.3, -0.25) is 9.69 Å². The first kappa shape index (κ1) is 25.6. The molecule has 2 aliphatic rings. The van der Waals surface area contributed by atoms with Crippen LogP contribution in [0.5, 0.6) is 17.2 Å². The van der Waals surface area contributed by atoms with Crippen molar-refractivity contribution < 1.29 is 28.9 Å². The lowest BCUT2D eigenvalue weighted by Gasteiger charge is -2.30. The number of fused-ring (bicyclic) bond motifs is 1. The number of ether oxygens (including phenoxy) is 3. The van der Waals surface area contributed by atoms with E-state index in [0.717, 1.165) is 17.5 Å². The first-order chi connectivity index (χ1) is 17.5. The van der Waals surface area contributed by atoms with Crippen LogP contribution in [0, 0.1) is 5.92 Å². The Morgan fingerprint density at radius 1 is 1.08 bits per heavy atom. The zero-order chi connectivity index (χ0) is 25.7. The van der Waals surface area contributed by atoms with Crippen molar-refractivity contribution in [3.8, 4) is 17.2 Å². The Hall–Kier alpha value is -3.46. The van der Waals surface area contributed by atoms with Crippen molar-refractivity contribution in [1.29, 1.82) is 0 Å². The van der Waals surface area contributed by atoms with Crippen molar-refractivity contribution in [3.05, 3.63) is 53.6 Å². The molecule has 2 aliphatic heterocycles. The van der Waals surface area contributed by atoms with Gasteiger partial charge in [0.15, 0.2) is 11.5 Å². The van der Waals surface area contributed by atoms with E-state index < -0.39 is 11.9 Å². The molecule has 0 radical (unpaired) electrons. The van der Waals surface area contributed by atoms with Crippen LogP contribution in [0.25, 0.3) is 0 Å². The first-order valence-corrected chi connectivity index (χ1v) is 12.5. The Labute approximate surface area is 211 Å². The maximum absolute atomic E-state index is 12.7. The van der Waals surface area contributed by atoms with Crippen LogP contribution in [0.3, 0.4) is 0 Å². The monoisotopic (exact) mass is 497 g/mol. The average Bonchev–Trinajstić information content (AvgIpc) is 3.51. The number of carbonyl (C=O) groups is 2. The highest BCUT2D eigenvalue weighted by molar-refractivity contribution is 5.74. The topological polar surface area (TPSA) is 101 Å². The Morgan fingerprint density at radius 2 is 1.81 bits per heavy atom. The number of nitrogens with one attached hydrogen (secondary N) is 1. The van der Waals surface area contributed by atoms with Gasteiger partial charge in [-0.2, -0.15) is 0 Å². The van der Waals surface area contributed by atoms with E-state index in [1.807, 2.05) is 56.3 Å². The van der Waals surface area contributed by atoms with Crippen molar-refractivity contribution >= 4 is 12.0 Å². The van der Waals surface area contributed by atoms with Gasteiger partial charge in [-0.1, -0.05) is 25.1 Å².